The topological polar surface area (TPSA) is 52.8 Å². The van der Waals surface area contributed by atoms with Gasteiger partial charge in [0.05, 0.1) is 12.8 Å². The van der Waals surface area contributed by atoms with Crippen molar-refractivity contribution in [2.75, 3.05) is 7.11 Å². The average molecular weight is 312 g/mol. The third kappa shape index (κ3) is 3.12. The van der Waals surface area contributed by atoms with Gasteiger partial charge >= 0.3 is 0 Å². The Balaban J connectivity index is 1.86. The summed E-state index contributed by atoms with van der Waals surface area (Å²) in [5.41, 5.74) is 2.19. The summed E-state index contributed by atoms with van der Waals surface area (Å²) in [7, 11) is 1.66. The fourth-order valence-electron chi connectivity index (χ4n) is 2.10. The predicted molar refractivity (Wildman–Crippen MR) is 86.4 cm³/mol. The molecule has 0 spiro atoms. The molecule has 0 fully saturated rings. The van der Waals surface area contributed by atoms with E-state index in [1.165, 1.54) is 5.56 Å². The van der Waals surface area contributed by atoms with Crippen LogP contribution in [0.5, 0.6) is 5.75 Å². The molecule has 0 unspecified atom stereocenters. The van der Waals surface area contributed by atoms with E-state index < -0.39 is 0 Å². The van der Waals surface area contributed by atoms with Gasteiger partial charge < -0.3 is 4.74 Å². The minimum absolute atomic E-state index is 0.261. The number of hydrogen-bond acceptors (Lipinski definition) is 5. The summed E-state index contributed by atoms with van der Waals surface area (Å²) in [4.78, 5) is 4.05. The number of hydrogen-bond donors (Lipinski definition) is 0. The molecule has 1 aromatic carbocycles. The molecule has 1 atom stereocenters. The lowest BCUT2D eigenvalue weighted by molar-refractivity contribution is 0.414. The summed E-state index contributed by atoms with van der Waals surface area (Å²) in [6.45, 7) is 2.14. The van der Waals surface area contributed by atoms with Gasteiger partial charge in [-0.1, -0.05) is 17.8 Å². The Bertz CT molecular complexity index is 745. The molecular formula is C16H16N4OS. The van der Waals surface area contributed by atoms with Gasteiger partial charge in [0.15, 0.2) is 5.16 Å². The average Bonchev–Trinajstić information content (AvgIpc) is 3.04. The molecule has 3 aromatic rings. The molecule has 0 bridgehead atoms. The van der Waals surface area contributed by atoms with Gasteiger partial charge in [0.1, 0.15) is 12.1 Å². The zero-order valence-corrected chi connectivity index (χ0v) is 13.2. The second-order valence-corrected chi connectivity index (χ2v) is 6.03. The van der Waals surface area contributed by atoms with Crippen molar-refractivity contribution < 1.29 is 4.74 Å². The lowest BCUT2D eigenvalue weighted by atomic mass is 10.2. The van der Waals surface area contributed by atoms with Gasteiger partial charge in [-0.15, -0.1) is 10.2 Å². The zero-order valence-electron chi connectivity index (χ0n) is 12.4. The molecule has 2 aromatic heterocycles. The number of rotatable bonds is 5. The lowest BCUT2D eigenvalue weighted by Gasteiger charge is -2.12. The zero-order chi connectivity index (χ0) is 15.4. The number of thioether (sulfide) groups is 1. The van der Waals surface area contributed by atoms with E-state index in [4.69, 9.17) is 4.74 Å². The van der Waals surface area contributed by atoms with Crippen LogP contribution in [0.2, 0.25) is 0 Å². The van der Waals surface area contributed by atoms with Crippen LogP contribution < -0.4 is 4.74 Å². The second kappa shape index (κ2) is 6.62. The standard InChI is InChI=1S/C16H16N4OS/c1-12(13-6-8-17-9-7-13)22-16-19-18-11-20(16)14-4-3-5-15(10-14)21-2/h3-12H,1-2H3/t12-/m0/s1. The summed E-state index contributed by atoms with van der Waals surface area (Å²) in [6, 6.07) is 11.9. The second-order valence-electron chi connectivity index (χ2n) is 4.73. The summed E-state index contributed by atoms with van der Waals surface area (Å²) < 4.78 is 7.24. The quantitative estimate of drug-likeness (QED) is 0.675. The first-order valence-corrected chi connectivity index (χ1v) is 7.77. The number of methoxy groups -OCH3 is 1. The molecule has 0 N–H and O–H groups in total. The predicted octanol–water partition coefficient (Wildman–Crippen LogP) is 3.52. The van der Waals surface area contributed by atoms with Crippen LogP contribution in [-0.4, -0.2) is 26.9 Å². The van der Waals surface area contributed by atoms with Gasteiger partial charge in [-0.25, -0.2) is 0 Å². The molecule has 0 aliphatic rings. The Hall–Kier alpha value is -2.34. The van der Waals surface area contributed by atoms with Crippen LogP contribution in [0.1, 0.15) is 17.7 Å². The van der Waals surface area contributed by atoms with Crippen molar-refractivity contribution >= 4 is 11.8 Å². The maximum absolute atomic E-state index is 5.28. The number of benzene rings is 1. The van der Waals surface area contributed by atoms with Crippen molar-refractivity contribution in [1.82, 2.24) is 19.7 Å². The normalized spacial score (nSPS) is 12.1. The molecule has 0 amide bonds. The van der Waals surface area contributed by atoms with Crippen molar-refractivity contribution in [2.45, 2.75) is 17.3 Å². The first-order valence-electron chi connectivity index (χ1n) is 6.89. The van der Waals surface area contributed by atoms with Crippen molar-refractivity contribution in [3.8, 4) is 11.4 Å². The summed E-state index contributed by atoms with van der Waals surface area (Å²) in [6.07, 6.45) is 5.33. The number of pyridine rings is 1. The minimum atomic E-state index is 0.261. The summed E-state index contributed by atoms with van der Waals surface area (Å²) in [5, 5.41) is 9.38. The van der Waals surface area contributed by atoms with Crippen molar-refractivity contribution in [3.05, 3.63) is 60.7 Å². The SMILES string of the molecule is COc1cccc(-n2cnnc2S[C@@H](C)c2ccncc2)c1. The molecule has 3 rings (SSSR count). The minimum Gasteiger partial charge on any atom is -0.497 e. The Labute approximate surface area is 133 Å². The number of ether oxygens (including phenoxy) is 1. The van der Waals surface area contributed by atoms with Crippen LogP contribution in [0.25, 0.3) is 5.69 Å². The van der Waals surface area contributed by atoms with Gasteiger partial charge in [-0.05, 0) is 36.8 Å². The number of aromatic nitrogens is 4. The Morgan fingerprint density at radius 1 is 1.18 bits per heavy atom. The van der Waals surface area contributed by atoms with Gasteiger partial charge in [0.25, 0.3) is 0 Å². The van der Waals surface area contributed by atoms with E-state index in [2.05, 4.69) is 22.1 Å². The van der Waals surface area contributed by atoms with E-state index in [9.17, 15) is 0 Å². The Kier molecular flexibility index (Phi) is 4.39. The fourth-order valence-corrected chi connectivity index (χ4v) is 3.07. The van der Waals surface area contributed by atoms with Crippen molar-refractivity contribution in [3.63, 3.8) is 0 Å². The molecular weight excluding hydrogens is 296 g/mol. The van der Waals surface area contributed by atoms with E-state index in [1.807, 2.05) is 41.0 Å². The fraction of sp³-hybridized carbons (Fsp3) is 0.188. The van der Waals surface area contributed by atoms with Crippen LogP contribution in [0.3, 0.4) is 0 Å². The van der Waals surface area contributed by atoms with Crippen molar-refractivity contribution in [1.29, 1.82) is 0 Å². The highest BCUT2D eigenvalue weighted by Gasteiger charge is 2.13. The van der Waals surface area contributed by atoms with E-state index in [0.717, 1.165) is 16.6 Å². The molecule has 2 heterocycles. The monoisotopic (exact) mass is 312 g/mol. The molecule has 112 valence electrons. The molecule has 0 saturated carbocycles. The highest BCUT2D eigenvalue weighted by atomic mass is 32.2. The molecule has 0 saturated heterocycles. The Morgan fingerprint density at radius 2 is 2.00 bits per heavy atom. The largest absolute Gasteiger partial charge is 0.497 e. The number of nitrogens with zero attached hydrogens (tertiary/aromatic N) is 4. The highest BCUT2D eigenvalue weighted by molar-refractivity contribution is 7.99. The van der Waals surface area contributed by atoms with E-state index in [0.29, 0.717) is 0 Å². The van der Waals surface area contributed by atoms with Crippen LogP contribution in [0.15, 0.2) is 60.3 Å². The molecule has 0 aliphatic heterocycles. The Morgan fingerprint density at radius 3 is 2.77 bits per heavy atom. The maximum atomic E-state index is 5.28. The third-order valence-corrected chi connectivity index (χ3v) is 4.42. The van der Waals surface area contributed by atoms with E-state index in [1.54, 1.807) is 37.6 Å². The first kappa shape index (κ1) is 14.6. The smallest absolute Gasteiger partial charge is 0.196 e. The van der Waals surface area contributed by atoms with Gasteiger partial charge in [-0.2, -0.15) is 0 Å². The summed E-state index contributed by atoms with van der Waals surface area (Å²) in [5.74, 6) is 0.810. The molecule has 6 heteroatoms. The van der Waals surface area contributed by atoms with E-state index in [-0.39, 0.29) is 5.25 Å². The van der Waals surface area contributed by atoms with Gasteiger partial charge in [-0.3, -0.25) is 9.55 Å². The molecule has 22 heavy (non-hydrogen) atoms. The molecule has 0 radical (unpaired) electrons. The van der Waals surface area contributed by atoms with Crippen LogP contribution in [-0.2, 0) is 0 Å². The summed E-state index contributed by atoms with van der Waals surface area (Å²) >= 11 is 1.66. The van der Waals surface area contributed by atoms with E-state index >= 15 is 0 Å². The van der Waals surface area contributed by atoms with Gasteiger partial charge in [0.2, 0.25) is 0 Å². The molecule has 0 aliphatic carbocycles. The highest BCUT2D eigenvalue weighted by Crippen LogP contribution is 2.34. The lowest BCUT2D eigenvalue weighted by Crippen LogP contribution is -1.98. The third-order valence-electron chi connectivity index (χ3n) is 3.31. The van der Waals surface area contributed by atoms with Crippen LogP contribution in [0, 0.1) is 0 Å². The molecule has 5 nitrogen and oxygen atoms in total. The van der Waals surface area contributed by atoms with Crippen LogP contribution in [0.4, 0.5) is 0 Å². The maximum Gasteiger partial charge on any atom is 0.196 e. The first-order chi connectivity index (χ1) is 10.8. The van der Waals surface area contributed by atoms with Crippen LogP contribution >= 0.6 is 11.8 Å². The van der Waals surface area contributed by atoms with Gasteiger partial charge in [0, 0.05) is 23.7 Å². The van der Waals surface area contributed by atoms with Crippen molar-refractivity contribution in [2.24, 2.45) is 0 Å².